The molecule has 4 heteroatoms. The Hall–Kier alpha value is -2.62. The van der Waals surface area contributed by atoms with E-state index >= 15 is 0 Å². The molecule has 0 saturated heterocycles. The van der Waals surface area contributed by atoms with Gasteiger partial charge in [-0.1, -0.05) is 37.0 Å². The number of hydrogen-bond acceptors (Lipinski definition) is 4. The van der Waals surface area contributed by atoms with Gasteiger partial charge < -0.3 is 10.6 Å². The van der Waals surface area contributed by atoms with Gasteiger partial charge in [-0.05, 0) is 44.8 Å². The van der Waals surface area contributed by atoms with Crippen LogP contribution in [-0.2, 0) is 0 Å². The smallest absolute Gasteiger partial charge is 0.0812 e. The van der Waals surface area contributed by atoms with Crippen LogP contribution in [0.4, 0.5) is 0 Å². The largest absolute Gasteiger partial charge is 0.391 e. The van der Waals surface area contributed by atoms with Crippen molar-refractivity contribution in [3.63, 3.8) is 0 Å². The lowest BCUT2D eigenvalue weighted by atomic mass is 10.0. The van der Waals surface area contributed by atoms with Gasteiger partial charge in [0.05, 0.1) is 12.3 Å². The number of hydrogen-bond donors (Lipinski definition) is 2. The number of aliphatic imine (C=N–C) groups is 2. The molecule has 0 saturated carbocycles. The van der Waals surface area contributed by atoms with Crippen molar-refractivity contribution in [1.82, 2.24) is 10.6 Å². The topological polar surface area (TPSA) is 48.8 Å². The number of nitrogens with zero attached hydrogens (tertiary/aromatic N) is 2. The van der Waals surface area contributed by atoms with Gasteiger partial charge in [-0.15, -0.1) is 6.58 Å². The maximum atomic E-state index is 4.43. The second-order valence-electron chi connectivity index (χ2n) is 7.27. The second kappa shape index (κ2) is 12.0. The maximum Gasteiger partial charge on any atom is 0.0812 e. The van der Waals surface area contributed by atoms with Crippen LogP contribution in [0.2, 0.25) is 0 Å². The van der Waals surface area contributed by atoms with E-state index in [1.807, 2.05) is 20.9 Å². The van der Waals surface area contributed by atoms with Gasteiger partial charge >= 0.3 is 0 Å². The van der Waals surface area contributed by atoms with Crippen molar-refractivity contribution in [2.75, 3.05) is 27.2 Å². The molecule has 0 aromatic carbocycles. The van der Waals surface area contributed by atoms with Gasteiger partial charge in [0.15, 0.2) is 0 Å². The van der Waals surface area contributed by atoms with E-state index in [0.717, 1.165) is 42.0 Å². The van der Waals surface area contributed by atoms with E-state index in [1.165, 1.54) is 22.4 Å². The average Bonchev–Trinajstić information content (AvgIpc) is 2.86. The summed E-state index contributed by atoms with van der Waals surface area (Å²) in [5, 5.41) is 6.73. The normalized spacial score (nSPS) is 14.2. The molecule has 4 nitrogen and oxygen atoms in total. The van der Waals surface area contributed by atoms with Crippen LogP contribution in [0.1, 0.15) is 40.0 Å². The van der Waals surface area contributed by atoms with Crippen LogP contribution in [0.3, 0.4) is 0 Å². The third-order valence-corrected chi connectivity index (χ3v) is 4.61. The molecule has 0 radical (unpaired) electrons. The highest BCUT2D eigenvalue weighted by molar-refractivity contribution is 6.05. The molecule has 1 aliphatic carbocycles. The zero-order valence-electron chi connectivity index (χ0n) is 18.3. The fourth-order valence-electron chi connectivity index (χ4n) is 2.74. The van der Waals surface area contributed by atoms with Crippen molar-refractivity contribution in [1.29, 1.82) is 0 Å². The summed E-state index contributed by atoms with van der Waals surface area (Å²) in [4.78, 5) is 8.75. The number of rotatable bonds is 11. The average molecular weight is 381 g/mol. The first-order valence-corrected chi connectivity index (χ1v) is 9.75. The summed E-state index contributed by atoms with van der Waals surface area (Å²) in [5.41, 5.74) is 8.51. The molecular formula is C24H36N4. The van der Waals surface area contributed by atoms with Crippen molar-refractivity contribution < 1.29 is 0 Å². The van der Waals surface area contributed by atoms with Gasteiger partial charge in [-0.2, -0.15) is 0 Å². The van der Waals surface area contributed by atoms with Gasteiger partial charge in [0, 0.05) is 49.7 Å². The molecular weight excluding hydrogens is 344 g/mol. The van der Waals surface area contributed by atoms with Crippen molar-refractivity contribution in [2.45, 2.75) is 40.0 Å². The minimum atomic E-state index is 0.530. The molecule has 1 rings (SSSR count). The molecule has 0 amide bonds. The molecule has 0 aliphatic heterocycles. The summed E-state index contributed by atoms with van der Waals surface area (Å²) in [7, 11) is 3.75. The Labute approximate surface area is 171 Å². The Morgan fingerprint density at radius 1 is 1.14 bits per heavy atom. The minimum Gasteiger partial charge on any atom is -0.391 e. The van der Waals surface area contributed by atoms with Crippen LogP contribution in [-0.4, -0.2) is 38.6 Å². The van der Waals surface area contributed by atoms with Crippen molar-refractivity contribution in [3.8, 4) is 0 Å². The molecule has 0 unspecified atom stereocenters. The predicted molar refractivity (Wildman–Crippen MR) is 125 cm³/mol. The molecule has 0 spiro atoms. The van der Waals surface area contributed by atoms with Gasteiger partial charge in [0.2, 0.25) is 0 Å². The molecule has 2 N–H and O–H groups in total. The summed E-state index contributed by atoms with van der Waals surface area (Å²) in [6.07, 6.45) is 9.55. The first-order valence-electron chi connectivity index (χ1n) is 9.75. The highest BCUT2D eigenvalue weighted by Gasteiger charge is 2.10. The monoisotopic (exact) mass is 380 g/mol. The zero-order valence-corrected chi connectivity index (χ0v) is 18.3. The van der Waals surface area contributed by atoms with Gasteiger partial charge in [-0.3, -0.25) is 9.98 Å². The third kappa shape index (κ3) is 7.95. The Kier molecular flexibility index (Phi) is 10.0. The second-order valence-corrected chi connectivity index (χ2v) is 7.27. The summed E-state index contributed by atoms with van der Waals surface area (Å²) >= 11 is 0. The standard InChI is InChI=1S/C24H36N4/c1-17(2)9-12-22-13-10-21(11-14-23(22)25-7)15-28-20(6)19(5)24(26-8)16-27-18(3)4/h10-11,13,25,28H,1,5-6,9,12,14-16H2,2-4,7-8H3. The lowest BCUT2D eigenvalue weighted by Gasteiger charge is -2.14. The molecule has 0 fully saturated rings. The summed E-state index contributed by atoms with van der Waals surface area (Å²) in [6, 6.07) is 0. The van der Waals surface area contributed by atoms with E-state index in [0.29, 0.717) is 13.1 Å². The van der Waals surface area contributed by atoms with Gasteiger partial charge in [0.25, 0.3) is 0 Å². The maximum absolute atomic E-state index is 4.43. The van der Waals surface area contributed by atoms with E-state index in [2.05, 4.69) is 65.5 Å². The van der Waals surface area contributed by atoms with Crippen molar-refractivity contribution >= 4 is 11.4 Å². The molecule has 0 atom stereocenters. The van der Waals surface area contributed by atoms with E-state index in [-0.39, 0.29) is 0 Å². The first kappa shape index (κ1) is 23.4. The molecule has 152 valence electrons. The van der Waals surface area contributed by atoms with Crippen LogP contribution in [0, 0.1) is 0 Å². The Morgan fingerprint density at radius 3 is 2.43 bits per heavy atom. The van der Waals surface area contributed by atoms with Crippen LogP contribution >= 0.6 is 0 Å². The van der Waals surface area contributed by atoms with Crippen LogP contribution in [0.25, 0.3) is 0 Å². The molecule has 0 heterocycles. The van der Waals surface area contributed by atoms with Crippen LogP contribution < -0.4 is 10.6 Å². The fraction of sp³-hybridized carbons (Fsp3) is 0.417. The molecule has 0 aromatic rings. The van der Waals surface area contributed by atoms with Crippen LogP contribution in [0.15, 0.2) is 81.6 Å². The minimum absolute atomic E-state index is 0.530. The molecule has 0 aromatic heterocycles. The third-order valence-electron chi connectivity index (χ3n) is 4.61. The van der Waals surface area contributed by atoms with Gasteiger partial charge in [-0.25, -0.2) is 0 Å². The zero-order chi connectivity index (χ0) is 21.1. The molecule has 1 aliphatic rings. The lowest BCUT2D eigenvalue weighted by molar-refractivity contribution is 0.860. The number of allylic oxidation sites excluding steroid dienone is 5. The first-order chi connectivity index (χ1) is 13.3. The van der Waals surface area contributed by atoms with E-state index in [1.54, 1.807) is 7.05 Å². The highest BCUT2D eigenvalue weighted by atomic mass is 14.9. The van der Waals surface area contributed by atoms with Crippen molar-refractivity contribution in [2.24, 2.45) is 9.98 Å². The summed E-state index contributed by atoms with van der Waals surface area (Å²) in [6.45, 7) is 19.5. The fourth-order valence-corrected chi connectivity index (χ4v) is 2.74. The molecule has 0 bridgehead atoms. The van der Waals surface area contributed by atoms with Crippen molar-refractivity contribution in [3.05, 3.63) is 71.7 Å². The Morgan fingerprint density at radius 2 is 1.86 bits per heavy atom. The highest BCUT2D eigenvalue weighted by Crippen LogP contribution is 2.21. The quantitative estimate of drug-likeness (QED) is 0.304. The Balaban J connectivity index is 2.70. The van der Waals surface area contributed by atoms with E-state index in [9.17, 15) is 0 Å². The summed E-state index contributed by atoms with van der Waals surface area (Å²) < 4.78 is 0. The number of nitrogens with one attached hydrogen (secondary N) is 2. The van der Waals surface area contributed by atoms with E-state index in [4.69, 9.17) is 0 Å². The summed E-state index contributed by atoms with van der Waals surface area (Å²) in [5.74, 6) is 0. The van der Waals surface area contributed by atoms with E-state index < -0.39 is 0 Å². The van der Waals surface area contributed by atoms with Crippen LogP contribution in [0.5, 0.6) is 0 Å². The SMILES string of the molecule is C=C(C)CCC1=C(NC)CC=C(CNC(=C)C(=C)C(CN=C(C)C)=NC)C=C1. The predicted octanol–water partition coefficient (Wildman–Crippen LogP) is 4.91. The Bertz CT molecular complexity index is 753. The molecule has 28 heavy (non-hydrogen) atoms. The van der Waals surface area contributed by atoms with Gasteiger partial charge in [0.1, 0.15) is 0 Å². The lowest BCUT2D eigenvalue weighted by Crippen LogP contribution is -2.21.